The van der Waals surface area contributed by atoms with E-state index in [2.05, 4.69) is 10.4 Å². The zero-order valence-corrected chi connectivity index (χ0v) is 12.6. The maximum Gasteiger partial charge on any atom is 0.119 e. The molecule has 2 N–H and O–H groups in total. The molecule has 2 aromatic rings. The monoisotopic (exact) mass is 300 g/mol. The molecule has 0 unspecified atom stereocenters. The van der Waals surface area contributed by atoms with Gasteiger partial charge in [0, 0.05) is 19.3 Å². The molecule has 0 aliphatic heterocycles. The molecule has 0 aliphatic rings. The van der Waals surface area contributed by atoms with E-state index in [4.69, 9.17) is 10.00 Å². The fraction of sp³-hybridized carbons (Fsp3) is 0.375. The number of nitrogens with zero attached hydrogens (tertiary/aromatic N) is 3. The molecule has 1 aromatic heterocycles. The summed E-state index contributed by atoms with van der Waals surface area (Å²) < 4.78 is 7.33. The zero-order valence-electron chi connectivity index (χ0n) is 12.6. The second-order valence-electron chi connectivity index (χ2n) is 5.09. The number of rotatable bonds is 8. The van der Waals surface area contributed by atoms with Crippen LogP contribution in [0.5, 0.6) is 5.75 Å². The van der Waals surface area contributed by atoms with Gasteiger partial charge in [-0.1, -0.05) is 0 Å². The fourth-order valence-corrected chi connectivity index (χ4v) is 1.93. The number of aliphatic hydroxyl groups excluding tert-OH is 1. The molecule has 1 heterocycles. The lowest BCUT2D eigenvalue weighted by molar-refractivity contribution is 0.106. The highest BCUT2D eigenvalue weighted by Crippen LogP contribution is 2.11. The Morgan fingerprint density at radius 2 is 2.18 bits per heavy atom. The summed E-state index contributed by atoms with van der Waals surface area (Å²) in [7, 11) is 0. The van der Waals surface area contributed by atoms with Crippen LogP contribution in [0.2, 0.25) is 0 Å². The molecule has 0 spiro atoms. The highest BCUT2D eigenvalue weighted by molar-refractivity contribution is 5.34. The standard InChI is InChI=1S/C16H20N4O2/c1-13-9-19-20(11-13)7-6-18-10-15(21)12-22-16-4-2-14(8-17)3-5-16/h2-5,9,11,15,18,21H,6-7,10,12H2,1H3/t15-/m1/s1. The number of hydrogen-bond acceptors (Lipinski definition) is 5. The third-order valence-electron chi connectivity index (χ3n) is 3.09. The number of hydrogen-bond donors (Lipinski definition) is 2. The second-order valence-corrected chi connectivity index (χ2v) is 5.09. The summed E-state index contributed by atoms with van der Waals surface area (Å²) in [6.07, 6.45) is 3.21. The van der Waals surface area contributed by atoms with Crippen molar-refractivity contribution in [1.29, 1.82) is 5.26 Å². The van der Waals surface area contributed by atoms with Crippen LogP contribution in [0.4, 0.5) is 0 Å². The summed E-state index contributed by atoms with van der Waals surface area (Å²) >= 11 is 0. The Labute approximate surface area is 130 Å². The molecule has 0 saturated heterocycles. The maximum absolute atomic E-state index is 9.85. The van der Waals surface area contributed by atoms with Gasteiger partial charge >= 0.3 is 0 Å². The van der Waals surface area contributed by atoms with Gasteiger partial charge in [-0.3, -0.25) is 4.68 Å². The lowest BCUT2D eigenvalue weighted by Gasteiger charge is -2.13. The van der Waals surface area contributed by atoms with Crippen LogP contribution in [0.15, 0.2) is 36.7 Å². The normalized spacial score (nSPS) is 11.9. The van der Waals surface area contributed by atoms with Gasteiger partial charge in [0.1, 0.15) is 18.5 Å². The van der Waals surface area contributed by atoms with Crippen molar-refractivity contribution in [2.24, 2.45) is 0 Å². The van der Waals surface area contributed by atoms with Crippen LogP contribution in [0, 0.1) is 18.3 Å². The average Bonchev–Trinajstić information content (AvgIpc) is 2.95. The zero-order chi connectivity index (χ0) is 15.8. The first-order valence-corrected chi connectivity index (χ1v) is 7.18. The molecular weight excluding hydrogens is 280 g/mol. The number of ether oxygens (including phenoxy) is 1. The lowest BCUT2D eigenvalue weighted by Crippen LogP contribution is -2.33. The van der Waals surface area contributed by atoms with E-state index in [1.54, 1.807) is 24.3 Å². The minimum absolute atomic E-state index is 0.208. The Morgan fingerprint density at radius 3 is 2.82 bits per heavy atom. The molecule has 2 rings (SSSR count). The molecule has 116 valence electrons. The van der Waals surface area contributed by atoms with Crippen LogP contribution in [-0.4, -0.2) is 40.7 Å². The van der Waals surface area contributed by atoms with Gasteiger partial charge in [0.05, 0.1) is 24.4 Å². The molecule has 0 aliphatic carbocycles. The number of aliphatic hydroxyl groups is 1. The third kappa shape index (κ3) is 5.20. The van der Waals surface area contributed by atoms with Gasteiger partial charge < -0.3 is 15.2 Å². The average molecular weight is 300 g/mol. The molecule has 22 heavy (non-hydrogen) atoms. The van der Waals surface area contributed by atoms with Crippen molar-refractivity contribution in [3.05, 3.63) is 47.8 Å². The molecule has 0 radical (unpaired) electrons. The van der Waals surface area contributed by atoms with Crippen LogP contribution in [-0.2, 0) is 6.54 Å². The highest BCUT2D eigenvalue weighted by Gasteiger charge is 2.05. The van der Waals surface area contributed by atoms with Gasteiger partial charge in [-0.2, -0.15) is 10.4 Å². The number of aryl methyl sites for hydroxylation is 1. The molecule has 6 nitrogen and oxygen atoms in total. The molecule has 1 atom stereocenters. The van der Waals surface area contributed by atoms with Crippen molar-refractivity contribution in [1.82, 2.24) is 15.1 Å². The quantitative estimate of drug-likeness (QED) is 0.713. The SMILES string of the molecule is Cc1cnn(CCNC[C@@H](O)COc2ccc(C#N)cc2)c1. The van der Waals surface area contributed by atoms with Gasteiger partial charge in [-0.25, -0.2) is 0 Å². The van der Waals surface area contributed by atoms with Crippen molar-refractivity contribution < 1.29 is 9.84 Å². The van der Waals surface area contributed by atoms with Gasteiger partial charge in [-0.05, 0) is 36.8 Å². The molecule has 0 bridgehead atoms. The Kier molecular flexibility index (Phi) is 5.95. The van der Waals surface area contributed by atoms with E-state index in [0.717, 1.165) is 18.7 Å². The van der Waals surface area contributed by atoms with E-state index in [1.807, 2.05) is 30.1 Å². The van der Waals surface area contributed by atoms with Crippen LogP contribution in [0.25, 0.3) is 0 Å². The third-order valence-corrected chi connectivity index (χ3v) is 3.09. The van der Waals surface area contributed by atoms with E-state index in [0.29, 0.717) is 17.9 Å². The molecular formula is C16H20N4O2. The predicted octanol–water partition coefficient (Wildman–Crippen LogP) is 1.09. The molecule has 6 heteroatoms. The molecule has 0 fully saturated rings. The summed E-state index contributed by atoms with van der Waals surface area (Å²) in [4.78, 5) is 0. The largest absolute Gasteiger partial charge is 0.491 e. The van der Waals surface area contributed by atoms with Crippen LogP contribution in [0.1, 0.15) is 11.1 Å². The minimum Gasteiger partial charge on any atom is -0.491 e. The fourth-order valence-electron chi connectivity index (χ4n) is 1.93. The van der Waals surface area contributed by atoms with E-state index < -0.39 is 6.10 Å². The second kappa shape index (κ2) is 8.17. The van der Waals surface area contributed by atoms with Crippen molar-refractivity contribution in [3.8, 4) is 11.8 Å². The number of nitriles is 1. The Balaban J connectivity index is 1.61. The van der Waals surface area contributed by atoms with Crippen LogP contribution in [0.3, 0.4) is 0 Å². The van der Waals surface area contributed by atoms with E-state index in [9.17, 15) is 5.11 Å². The van der Waals surface area contributed by atoms with Gasteiger partial charge in [-0.15, -0.1) is 0 Å². The highest BCUT2D eigenvalue weighted by atomic mass is 16.5. The van der Waals surface area contributed by atoms with Crippen molar-refractivity contribution in [3.63, 3.8) is 0 Å². The van der Waals surface area contributed by atoms with Gasteiger partial charge in [0.25, 0.3) is 0 Å². The first-order chi connectivity index (χ1) is 10.7. The number of nitrogens with one attached hydrogen (secondary N) is 1. The summed E-state index contributed by atoms with van der Waals surface area (Å²) in [6, 6.07) is 8.86. The molecule has 0 saturated carbocycles. The van der Waals surface area contributed by atoms with Crippen molar-refractivity contribution in [2.45, 2.75) is 19.6 Å². The van der Waals surface area contributed by atoms with Gasteiger partial charge in [0.2, 0.25) is 0 Å². The summed E-state index contributed by atoms with van der Waals surface area (Å²) in [5, 5.41) is 25.9. The summed E-state index contributed by atoms with van der Waals surface area (Å²) in [5.74, 6) is 0.644. The Hall–Kier alpha value is -2.36. The van der Waals surface area contributed by atoms with Crippen LogP contribution >= 0.6 is 0 Å². The summed E-state index contributed by atoms with van der Waals surface area (Å²) in [5.41, 5.74) is 1.72. The van der Waals surface area contributed by atoms with E-state index in [1.165, 1.54) is 0 Å². The molecule has 0 amide bonds. The van der Waals surface area contributed by atoms with E-state index in [-0.39, 0.29) is 6.61 Å². The Morgan fingerprint density at radius 1 is 1.41 bits per heavy atom. The smallest absolute Gasteiger partial charge is 0.119 e. The topological polar surface area (TPSA) is 83.1 Å². The minimum atomic E-state index is -0.588. The molecule has 1 aromatic carbocycles. The summed E-state index contributed by atoms with van der Waals surface area (Å²) in [6.45, 7) is 4.16. The first-order valence-electron chi connectivity index (χ1n) is 7.18. The predicted molar refractivity (Wildman–Crippen MR) is 82.5 cm³/mol. The van der Waals surface area contributed by atoms with Gasteiger partial charge in [0.15, 0.2) is 0 Å². The number of benzene rings is 1. The van der Waals surface area contributed by atoms with E-state index >= 15 is 0 Å². The van der Waals surface area contributed by atoms with Crippen molar-refractivity contribution in [2.75, 3.05) is 19.7 Å². The van der Waals surface area contributed by atoms with Crippen molar-refractivity contribution >= 4 is 0 Å². The van der Waals surface area contributed by atoms with Crippen LogP contribution < -0.4 is 10.1 Å². The maximum atomic E-state index is 9.85. The lowest BCUT2D eigenvalue weighted by atomic mass is 10.2. The number of aromatic nitrogens is 2. The first kappa shape index (κ1) is 16.0. The Bertz CT molecular complexity index is 616.